The fourth-order valence-corrected chi connectivity index (χ4v) is 1.75. The van der Waals surface area contributed by atoms with Crippen LogP contribution in [0, 0.1) is 5.92 Å². The standard InChI is InChI=1S/C14H24N4O/c1-10(13(15)17-19)9-18(5)12-7-6-11(8-16-12)14(2,3)4/h6-8,10,19H,9H2,1-5H3,(H2,15,17). The molecule has 106 valence electrons. The normalized spacial score (nSPS) is 14.3. The molecule has 0 fully saturated rings. The first kappa shape index (κ1) is 15.3. The van der Waals surface area contributed by atoms with Gasteiger partial charge in [0.15, 0.2) is 0 Å². The van der Waals surface area contributed by atoms with Gasteiger partial charge < -0.3 is 15.8 Å². The Morgan fingerprint density at radius 2 is 2.11 bits per heavy atom. The Hall–Kier alpha value is -1.78. The van der Waals surface area contributed by atoms with Crippen LogP contribution >= 0.6 is 0 Å². The van der Waals surface area contributed by atoms with E-state index in [0.29, 0.717) is 6.54 Å². The highest BCUT2D eigenvalue weighted by atomic mass is 16.4. The first-order chi connectivity index (χ1) is 8.75. The highest BCUT2D eigenvalue weighted by Crippen LogP contribution is 2.22. The van der Waals surface area contributed by atoms with Gasteiger partial charge in [-0.15, -0.1) is 0 Å². The molecule has 19 heavy (non-hydrogen) atoms. The van der Waals surface area contributed by atoms with Crippen LogP contribution < -0.4 is 10.6 Å². The number of hydrogen-bond acceptors (Lipinski definition) is 4. The van der Waals surface area contributed by atoms with Gasteiger partial charge in [-0.2, -0.15) is 0 Å². The van der Waals surface area contributed by atoms with Crippen LogP contribution in [-0.2, 0) is 5.41 Å². The van der Waals surface area contributed by atoms with E-state index in [2.05, 4.69) is 37.0 Å². The van der Waals surface area contributed by atoms with Gasteiger partial charge in [0.2, 0.25) is 0 Å². The summed E-state index contributed by atoms with van der Waals surface area (Å²) in [4.78, 5) is 6.46. The molecule has 1 heterocycles. The van der Waals surface area contributed by atoms with Gasteiger partial charge in [0.25, 0.3) is 0 Å². The molecule has 0 aliphatic rings. The maximum absolute atomic E-state index is 8.64. The summed E-state index contributed by atoms with van der Waals surface area (Å²) in [5.74, 6) is 1.09. The molecule has 0 saturated carbocycles. The molecule has 0 amide bonds. The lowest BCUT2D eigenvalue weighted by Crippen LogP contribution is -2.33. The SMILES string of the molecule is CC(CN(C)c1ccc(C(C)(C)C)cn1)/C(N)=N/O. The maximum atomic E-state index is 8.64. The number of nitrogens with zero attached hydrogens (tertiary/aromatic N) is 3. The van der Waals surface area contributed by atoms with Crippen molar-refractivity contribution >= 4 is 11.7 Å². The van der Waals surface area contributed by atoms with Gasteiger partial charge in [-0.3, -0.25) is 0 Å². The largest absolute Gasteiger partial charge is 0.409 e. The second-order valence-electron chi connectivity index (χ2n) is 5.96. The summed E-state index contributed by atoms with van der Waals surface area (Å²) in [5, 5.41) is 11.7. The fraction of sp³-hybridized carbons (Fsp3) is 0.571. The lowest BCUT2D eigenvalue weighted by atomic mass is 9.88. The Morgan fingerprint density at radius 3 is 2.53 bits per heavy atom. The molecule has 1 aromatic rings. The van der Waals surface area contributed by atoms with Crippen LogP contribution in [-0.4, -0.2) is 29.6 Å². The van der Waals surface area contributed by atoms with Crippen molar-refractivity contribution in [3.63, 3.8) is 0 Å². The van der Waals surface area contributed by atoms with Gasteiger partial charge in [0.1, 0.15) is 11.7 Å². The third-order valence-corrected chi connectivity index (χ3v) is 3.17. The Bertz CT molecular complexity index is 434. The molecule has 0 spiro atoms. The zero-order valence-corrected chi connectivity index (χ0v) is 12.4. The molecule has 1 rings (SSSR count). The van der Waals surface area contributed by atoms with Gasteiger partial charge >= 0.3 is 0 Å². The molecule has 0 aliphatic heterocycles. The third kappa shape index (κ3) is 4.12. The van der Waals surface area contributed by atoms with Crippen molar-refractivity contribution in [3.05, 3.63) is 23.9 Å². The third-order valence-electron chi connectivity index (χ3n) is 3.17. The molecule has 1 unspecified atom stereocenters. The first-order valence-corrected chi connectivity index (χ1v) is 6.40. The number of anilines is 1. The van der Waals surface area contributed by atoms with E-state index in [1.165, 1.54) is 5.56 Å². The van der Waals surface area contributed by atoms with Gasteiger partial charge in [0, 0.05) is 25.7 Å². The van der Waals surface area contributed by atoms with E-state index in [-0.39, 0.29) is 17.2 Å². The number of aromatic nitrogens is 1. The van der Waals surface area contributed by atoms with Crippen LogP contribution in [0.15, 0.2) is 23.5 Å². The van der Waals surface area contributed by atoms with Gasteiger partial charge in [-0.1, -0.05) is 38.9 Å². The minimum Gasteiger partial charge on any atom is -0.409 e. The van der Waals surface area contributed by atoms with Gasteiger partial charge in [-0.05, 0) is 17.0 Å². The summed E-state index contributed by atoms with van der Waals surface area (Å²) in [6, 6.07) is 4.09. The topological polar surface area (TPSA) is 74.7 Å². The zero-order valence-electron chi connectivity index (χ0n) is 12.4. The maximum Gasteiger partial charge on any atom is 0.143 e. The zero-order chi connectivity index (χ0) is 14.6. The number of rotatable bonds is 4. The van der Waals surface area contributed by atoms with Crippen LogP contribution in [0.3, 0.4) is 0 Å². The summed E-state index contributed by atoms with van der Waals surface area (Å²) < 4.78 is 0. The first-order valence-electron chi connectivity index (χ1n) is 6.40. The van der Waals surface area contributed by atoms with E-state index in [1.807, 2.05) is 31.1 Å². The van der Waals surface area contributed by atoms with E-state index in [0.717, 1.165) is 5.82 Å². The molecule has 5 heteroatoms. The van der Waals surface area contributed by atoms with Crippen molar-refractivity contribution in [2.75, 3.05) is 18.5 Å². The van der Waals surface area contributed by atoms with Crippen LogP contribution in [0.25, 0.3) is 0 Å². The molecular weight excluding hydrogens is 240 g/mol. The van der Waals surface area contributed by atoms with Crippen molar-refractivity contribution in [2.24, 2.45) is 16.8 Å². The predicted molar refractivity (Wildman–Crippen MR) is 78.8 cm³/mol. The second-order valence-corrected chi connectivity index (χ2v) is 5.96. The molecule has 3 N–H and O–H groups in total. The quantitative estimate of drug-likeness (QED) is 0.378. The van der Waals surface area contributed by atoms with Crippen molar-refractivity contribution in [1.82, 2.24) is 4.98 Å². The molecule has 0 bridgehead atoms. The molecule has 1 aromatic heterocycles. The number of oxime groups is 1. The molecule has 0 saturated heterocycles. The summed E-state index contributed by atoms with van der Waals surface area (Å²) in [5.41, 5.74) is 6.88. The molecule has 5 nitrogen and oxygen atoms in total. The number of nitrogens with two attached hydrogens (primary N) is 1. The summed E-state index contributed by atoms with van der Waals surface area (Å²) in [6.07, 6.45) is 1.90. The lowest BCUT2D eigenvalue weighted by molar-refractivity contribution is 0.314. The van der Waals surface area contributed by atoms with Gasteiger partial charge in [0.05, 0.1) is 0 Å². The van der Waals surface area contributed by atoms with Crippen molar-refractivity contribution in [1.29, 1.82) is 0 Å². The monoisotopic (exact) mass is 264 g/mol. The van der Waals surface area contributed by atoms with E-state index in [9.17, 15) is 0 Å². The smallest absolute Gasteiger partial charge is 0.143 e. The fourth-order valence-electron chi connectivity index (χ4n) is 1.75. The van der Waals surface area contributed by atoms with Crippen LogP contribution in [0.1, 0.15) is 33.3 Å². The summed E-state index contributed by atoms with van der Waals surface area (Å²) in [6.45, 7) is 9.04. The average Bonchev–Trinajstić information content (AvgIpc) is 2.36. The van der Waals surface area contributed by atoms with Crippen LogP contribution in [0.4, 0.5) is 5.82 Å². The van der Waals surface area contributed by atoms with E-state index in [4.69, 9.17) is 10.9 Å². The summed E-state index contributed by atoms with van der Waals surface area (Å²) in [7, 11) is 1.94. The number of hydrogen-bond donors (Lipinski definition) is 2. The van der Waals surface area contributed by atoms with Crippen molar-refractivity contribution in [3.8, 4) is 0 Å². The summed E-state index contributed by atoms with van der Waals surface area (Å²) >= 11 is 0. The molecule has 0 aromatic carbocycles. The number of pyridine rings is 1. The molecular formula is C14H24N4O. The van der Waals surface area contributed by atoms with E-state index < -0.39 is 0 Å². The van der Waals surface area contributed by atoms with Crippen molar-refractivity contribution in [2.45, 2.75) is 33.1 Å². The highest BCUT2D eigenvalue weighted by molar-refractivity contribution is 5.82. The number of amidine groups is 1. The predicted octanol–water partition coefficient (Wildman–Crippen LogP) is 2.20. The van der Waals surface area contributed by atoms with E-state index >= 15 is 0 Å². The molecule has 0 aliphatic carbocycles. The molecule has 0 radical (unpaired) electrons. The van der Waals surface area contributed by atoms with E-state index in [1.54, 1.807) is 0 Å². The second kappa shape index (κ2) is 5.91. The Labute approximate surface area is 115 Å². The Balaban J connectivity index is 2.76. The minimum atomic E-state index is -0.0286. The minimum absolute atomic E-state index is 0.0286. The average molecular weight is 264 g/mol. The van der Waals surface area contributed by atoms with Crippen LogP contribution in [0.5, 0.6) is 0 Å². The Morgan fingerprint density at radius 1 is 1.47 bits per heavy atom. The van der Waals surface area contributed by atoms with Crippen molar-refractivity contribution < 1.29 is 5.21 Å². The molecule has 1 atom stereocenters. The highest BCUT2D eigenvalue weighted by Gasteiger charge is 2.15. The van der Waals surface area contributed by atoms with Crippen LogP contribution in [0.2, 0.25) is 0 Å². The van der Waals surface area contributed by atoms with Gasteiger partial charge in [-0.25, -0.2) is 4.98 Å². The lowest BCUT2D eigenvalue weighted by Gasteiger charge is -2.23. The Kier molecular flexibility index (Phi) is 4.75.